The van der Waals surface area contributed by atoms with Crippen LogP contribution in [0.5, 0.6) is 0 Å². The van der Waals surface area contributed by atoms with E-state index in [-0.39, 0.29) is 18.3 Å². The van der Waals surface area contributed by atoms with E-state index in [1.807, 2.05) is 0 Å². The number of nitrogens with zero attached hydrogens (tertiary/aromatic N) is 5. The molecular formula is C13H14N6O2. The summed E-state index contributed by atoms with van der Waals surface area (Å²) in [5.41, 5.74) is 5.80. The molecule has 0 radical (unpaired) electrons. The number of rotatable bonds is 2. The number of aromatic nitrogens is 4. The van der Waals surface area contributed by atoms with Gasteiger partial charge in [-0.15, -0.1) is 0 Å². The Balaban J connectivity index is 2.11. The maximum Gasteiger partial charge on any atom is 0.303 e. The van der Waals surface area contributed by atoms with Gasteiger partial charge in [0.1, 0.15) is 24.6 Å². The van der Waals surface area contributed by atoms with E-state index in [0.717, 1.165) is 0 Å². The standard InChI is InChI=1S/C13H14N6O2/c1-7-8(3-9(21)13(7,4-20)15-2)19-6-18-10-11(14)16-5-17-12(10)19/h5-6,8-9,20-21H,1,3-4H2,(H2,14,16,17)/t8-,9-,13+/m0/s1. The van der Waals surface area contributed by atoms with E-state index in [1.165, 1.54) is 12.7 Å². The molecule has 1 saturated carbocycles. The molecule has 0 saturated heterocycles. The number of anilines is 1. The summed E-state index contributed by atoms with van der Waals surface area (Å²) in [5.74, 6) is 0.265. The normalized spacial score (nSPS) is 28.9. The Morgan fingerprint density at radius 2 is 2.29 bits per heavy atom. The molecule has 3 rings (SSSR count). The maximum atomic E-state index is 10.2. The van der Waals surface area contributed by atoms with Crippen LogP contribution in [-0.2, 0) is 0 Å². The minimum atomic E-state index is -1.38. The summed E-state index contributed by atoms with van der Waals surface area (Å²) in [6.07, 6.45) is 2.14. The van der Waals surface area contributed by atoms with Crippen molar-refractivity contribution >= 4 is 17.0 Å². The van der Waals surface area contributed by atoms with Crippen molar-refractivity contribution in [2.24, 2.45) is 0 Å². The fourth-order valence-electron chi connectivity index (χ4n) is 2.82. The van der Waals surface area contributed by atoms with Crippen LogP contribution >= 0.6 is 0 Å². The first-order chi connectivity index (χ1) is 10.0. The molecule has 21 heavy (non-hydrogen) atoms. The smallest absolute Gasteiger partial charge is 0.303 e. The summed E-state index contributed by atoms with van der Waals surface area (Å²) in [4.78, 5) is 15.6. The van der Waals surface area contributed by atoms with Crippen LogP contribution in [0.2, 0.25) is 0 Å². The van der Waals surface area contributed by atoms with Crippen LogP contribution in [-0.4, -0.2) is 48.0 Å². The van der Waals surface area contributed by atoms with Crippen LogP contribution in [0.15, 0.2) is 24.8 Å². The minimum Gasteiger partial charge on any atom is -0.387 e. The quantitative estimate of drug-likeness (QED) is 0.525. The SMILES string of the molecule is [C-]#[N+][C@]1(CO)C(=C)[C@@H](n2cnc3c(N)ncnc32)C[C@@H]1O. The highest BCUT2D eigenvalue weighted by atomic mass is 16.3. The lowest BCUT2D eigenvalue weighted by Gasteiger charge is -2.19. The Morgan fingerprint density at radius 3 is 2.90 bits per heavy atom. The van der Waals surface area contributed by atoms with Gasteiger partial charge in [0.15, 0.2) is 11.5 Å². The van der Waals surface area contributed by atoms with Gasteiger partial charge in [-0.05, 0) is 0 Å². The Kier molecular flexibility index (Phi) is 2.90. The predicted octanol–water partition coefficient (Wildman–Crippen LogP) is -0.0792. The summed E-state index contributed by atoms with van der Waals surface area (Å²) in [5, 5.41) is 19.7. The van der Waals surface area contributed by atoms with Crippen LogP contribution in [0.3, 0.4) is 0 Å². The van der Waals surface area contributed by atoms with Crippen molar-refractivity contribution in [1.82, 2.24) is 19.5 Å². The van der Waals surface area contributed by atoms with E-state index in [1.54, 1.807) is 4.57 Å². The van der Waals surface area contributed by atoms with Crippen LogP contribution in [0.1, 0.15) is 12.5 Å². The Hall–Kier alpha value is -2.50. The number of hydrogen-bond donors (Lipinski definition) is 3. The van der Waals surface area contributed by atoms with Gasteiger partial charge in [0, 0.05) is 12.0 Å². The monoisotopic (exact) mass is 286 g/mol. The van der Waals surface area contributed by atoms with E-state index < -0.39 is 18.2 Å². The highest BCUT2D eigenvalue weighted by Gasteiger charge is 2.57. The molecular weight excluding hydrogens is 272 g/mol. The third kappa shape index (κ3) is 1.65. The molecule has 0 spiro atoms. The summed E-state index contributed by atoms with van der Waals surface area (Å²) < 4.78 is 1.71. The van der Waals surface area contributed by atoms with E-state index in [0.29, 0.717) is 16.7 Å². The van der Waals surface area contributed by atoms with Crippen LogP contribution in [0.4, 0.5) is 5.82 Å². The summed E-state index contributed by atoms with van der Waals surface area (Å²) in [6.45, 7) is 10.7. The number of aliphatic hydroxyl groups is 2. The lowest BCUT2D eigenvalue weighted by molar-refractivity contribution is 0.0989. The van der Waals surface area contributed by atoms with Crippen molar-refractivity contribution in [1.29, 1.82) is 0 Å². The highest BCUT2D eigenvalue weighted by Crippen LogP contribution is 2.45. The van der Waals surface area contributed by atoms with Crippen LogP contribution in [0, 0.1) is 6.57 Å². The molecule has 0 aromatic carbocycles. The van der Waals surface area contributed by atoms with Crippen molar-refractivity contribution in [2.75, 3.05) is 12.3 Å². The van der Waals surface area contributed by atoms with Crippen LogP contribution in [0.25, 0.3) is 16.0 Å². The van der Waals surface area contributed by atoms with Crippen LogP contribution < -0.4 is 5.73 Å². The molecule has 8 heteroatoms. The number of hydrogen-bond acceptors (Lipinski definition) is 6. The minimum absolute atomic E-state index is 0.261. The van der Waals surface area contributed by atoms with Gasteiger partial charge in [0.25, 0.3) is 0 Å². The highest BCUT2D eigenvalue weighted by molar-refractivity contribution is 5.81. The van der Waals surface area contributed by atoms with Crippen molar-refractivity contribution in [3.63, 3.8) is 0 Å². The molecule has 1 aliphatic rings. The fraction of sp³-hybridized carbons (Fsp3) is 0.385. The van der Waals surface area contributed by atoms with Gasteiger partial charge in [-0.1, -0.05) is 6.58 Å². The lowest BCUT2D eigenvalue weighted by Crippen LogP contribution is -2.39. The molecule has 0 amide bonds. The molecule has 2 aromatic rings. The second-order valence-electron chi connectivity index (χ2n) is 5.07. The van der Waals surface area contributed by atoms with Crippen molar-refractivity contribution < 1.29 is 10.2 Å². The molecule has 8 nitrogen and oxygen atoms in total. The van der Waals surface area contributed by atoms with Gasteiger partial charge in [-0.2, -0.15) is 0 Å². The summed E-state index contributed by atoms with van der Waals surface area (Å²) in [7, 11) is 0. The molecule has 4 N–H and O–H groups in total. The van der Waals surface area contributed by atoms with Crippen molar-refractivity contribution in [2.45, 2.75) is 24.1 Å². The average molecular weight is 286 g/mol. The molecule has 0 bridgehead atoms. The maximum absolute atomic E-state index is 10.2. The topological polar surface area (TPSA) is 114 Å². The van der Waals surface area contributed by atoms with Crippen molar-refractivity contribution in [3.05, 3.63) is 36.2 Å². The van der Waals surface area contributed by atoms with E-state index >= 15 is 0 Å². The molecule has 108 valence electrons. The van der Waals surface area contributed by atoms with Gasteiger partial charge in [0.2, 0.25) is 0 Å². The number of aliphatic hydroxyl groups excluding tert-OH is 2. The lowest BCUT2D eigenvalue weighted by atomic mass is 9.93. The summed E-state index contributed by atoms with van der Waals surface area (Å²) >= 11 is 0. The Labute approximate surface area is 120 Å². The first-order valence-electron chi connectivity index (χ1n) is 6.35. The van der Waals surface area contributed by atoms with Gasteiger partial charge in [0.05, 0.1) is 12.4 Å². The third-order valence-corrected chi connectivity index (χ3v) is 4.12. The zero-order valence-electron chi connectivity index (χ0n) is 11.1. The van der Waals surface area contributed by atoms with Gasteiger partial charge < -0.3 is 20.5 Å². The zero-order chi connectivity index (χ0) is 15.2. The first kappa shape index (κ1) is 13.5. The molecule has 1 fully saturated rings. The largest absolute Gasteiger partial charge is 0.387 e. The number of nitrogens with two attached hydrogens (primary N) is 1. The number of fused-ring (bicyclic) bond motifs is 1. The number of imidazole rings is 1. The van der Waals surface area contributed by atoms with Gasteiger partial charge in [-0.25, -0.2) is 21.5 Å². The predicted molar refractivity (Wildman–Crippen MR) is 75.0 cm³/mol. The summed E-state index contributed by atoms with van der Waals surface area (Å²) in [6, 6.07) is -0.374. The second-order valence-corrected chi connectivity index (χ2v) is 5.07. The molecule has 2 aromatic heterocycles. The second kappa shape index (κ2) is 4.51. The third-order valence-electron chi connectivity index (χ3n) is 4.12. The zero-order valence-corrected chi connectivity index (χ0v) is 11.1. The van der Waals surface area contributed by atoms with Crippen molar-refractivity contribution in [3.8, 4) is 0 Å². The Morgan fingerprint density at radius 1 is 1.52 bits per heavy atom. The van der Waals surface area contributed by atoms with E-state index in [4.69, 9.17) is 12.3 Å². The molecule has 1 aliphatic carbocycles. The first-order valence-corrected chi connectivity index (χ1v) is 6.35. The van der Waals surface area contributed by atoms with Gasteiger partial charge in [-0.3, -0.25) is 4.85 Å². The fourth-order valence-corrected chi connectivity index (χ4v) is 2.82. The van der Waals surface area contributed by atoms with E-state index in [9.17, 15) is 10.2 Å². The van der Waals surface area contributed by atoms with Gasteiger partial charge >= 0.3 is 5.54 Å². The molecule has 2 heterocycles. The Bertz CT molecular complexity index is 764. The average Bonchev–Trinajstić information content (AvgIpc) is 3.00. The van der Waals surface area contributed by atoms with E-state index in [2.05, 4.69) is 26.4 Å². The molecule has 3 atom stereocenters. The molecule has 0 unspecified atom stereocenters. The number of nitrogen functional groups attached to an aromatic ring is 1. The molecule has 0 aliphatic heterocycles.